The van der Waals surface area contributed by atoms with E-state index in [2.05, 4.69) is 47.8 Å². The summed E-state index contributed by atoms with van der Waals surface area (Å²) in [5.41, 5.74) is -1.48. The fourth-order valence-electron chi connectivity index (χ4n) is 3.17. The predicted octanol–water partition coefficient (Wildman–Crippen LogP) is 1.15. The number of amides is 3. The van der Waals surface area contributed by atoms with Crippen LogP contribution in [0, 0.1) is 10.8 Å². The molecule has 0 aromatic carbocycles. The minimum atomic E-state index is -0.883. The van der Waals surface area contributed by atoms with Crippen LogP contribution in [0.15, 0.2) is 0 Å². The van der Waals surface area contributed by atoms with Gasteiger partial charge in [-0.05, 0) is 27.7 Å². The topological polar surface area (TPSA) is 174 Å². The van der Waals surface area contributed by atoms with Gasteiger partial charge in [0.05, 0.1) is 81.3 Å². The Morgan fingerprint density at radius 2 is 0.955 bits per heavy atom. The molecule has 0 spiro atoms. The second-order valence-corrected chi connectivity index (χ2v) is 16.5. The average Bonchev–Trinajstić information content (AvgIpc) is 2.93. The van der Waals surface area contributed by atoms with Crippen LogP contribution in [0.1, 0.15) is 48.5 Å². The van der Waals surface area contributed by atoms with Crippen molar-refractivity contribution in [3.05, 3.63) is 0 Å². The lowest BCUT2D eigenvalue weighted by Crippen LogP contribution is -2.57. The molecule has 0 aliphatic rings. The molecule has 0 heterocycles. The zero-order chi connectivity index (χ0) is 33.9. The normalized spacial score (nSPS) is 13.4. The van der Waals surface area contributed by atoms with Gasteiger partial charge in [-0.3, -0.25) is 14.4 Å². The van der Waals surface area contributed by atoms with Crippen LogP contribution in [0.25, 0.3) is 0 Å². The molecule has 15 heteroatoms. The fraction of sp³-hybridized carbons (Fsp3) is 0.897. The molecule has 44 heavy (non-hydrogen) atoms. The van der Waals surface area contributed by atoms with E-state index in [0.717, 1.165) is 0 Å². The van der Waals surface area contributed by atoms with Gasteiger partial charge < -0.3 is 49.8 Å². The number of rotatable bonds is 25. The number of aliphatic hydroxyl groups excluding tert-OH is 2. The molecule has 260 valence electrons. The Hall–Kier alpha value is -0.910. The number of hydrogen-bond acceptors (Lipinski definition) is 10. The van der Waals surface area contributed by atoms with Gasteiger partial charge in [0.1, 0.15) is 6.10 Å². The van der Waals surface area contributed by atoms with Crippen molar-refractivity contribution in [3.8, 4) is 0 Å². The lowest BCUT2D eigenvalue weighted by Gasteiger charge is -2.36. The smallest absolute Gasteiger partial charge is 0.236 e. The van der Waals surface area contributed by atoms with Crippen molar-refractivity contribution in [3.63, 3.8) is 0 Å². The van der Waals surface area contributed by atoms with E-state index in [9.17, 15) is 19.5 Å². The summed E-state index contributed by atoms with van der Waals surface area (Å²) in [6, 6.07) is 0. The Kier molecular flexibility index (Phi) is 21.4. The molecule has 0 saturated heterocycles. The van der Waals surface area contributed by atoms with E-state index in [1.807, 2.05) is 20.8 Å². The van der Waals surface area contributed by atoms with Gasteiger partial charge in [-0.2, -0.15) is 0 Å². The van der Waals surface area contributed by atoms with Gasteiger partial charge >= 0.3 is 0 Å². The van der Waals surface area contributed by atoms with E-state index in [-0.39, 0.29) is 63.8 Å². The quantitative estimate of drug-likeness (QED) is 0.0671. The number of aliphatic hydroxyl groups is 2. The van der Waals surface area contributed by atoms with Crippen molar-refractivity contribution in [1.82, 2.24) is 16.0 Å². The highest BCUT2D eigenvalue weighted by Gasteiger charge is 2.37. The van der Waals surface area contributed by atoms with Crippen LogP contribution < -0.4 is 16.0 Å². The van der Waals surface area contributed by atoms with E-state index in [1.165, 1.54) is 0 Å². The maximum Gasteiger partial charge on any atom is 0.236 e. The number of halogens is 2. The summed E-state index contributed by atoms with van der Waals surface area (Å²) in [6.45, 7) is 15.3. The molecule has 0 rings (SSSR count). The van der Waals surface area contributed by atoms with Gasteiger partial charge in [0.2, 0.25) is 17.7 Å². The Labute approximate surface area is 279 Å². The number of hydrogen-bond donors (Lipinski definition) is 5. The number of carbonyl (C=O) groups excluding carboxylic acids is 3. The standard InChI is InChI=1S/C29H55Br2N3O10/c1-26(2,3)23(37)32-18-29(19-33-24(38)27(4,5)30,20-34-25(39)28(6,7)31)21-44-15-13-42-11-9-40-8-10-41-12-14-43-17-22(36)16-35/h22,35-36H,8-21H2,1-7H3,(H,32,37)(H,33,38)(H,34,39). The number of ether oxygens (including phenoxy) is 5. The molecule has 13 nitrogen and oxygen atoms in total. The van der Waals surface area contributed by atoms with E-state index in [4.69, 9.17) is 28.8 Å². The van der Waals surface area contributed by atoms with Crippen molar-refractivity contribution in [2.24, 2.45) is 10.8 Å². The first-order valence-electron chi connectivity index (χ1n) is 14.7. The molecule has 5 N–H and O–H groups in total. The maximum absolute atomic E-state index is 12.7. The monoisotopic (exact) mass is 763 g/mol. The zero-order valence-electron chi connectivity index (χ0n) is 27.4. The molecule has 1 atom stereocenters. The Morgan fingerprint density at radius 1 is 0.614 bits per heavy atom. The Balaban J connectivity index is 4.86. The molecule has 0 aliphatic carbocycles. The highest BCUT2D eigenvalue weighted by Crippen LogP contribution is 2.22. The molecular weight excluding hydrogens is 710 g/mol. The molecule has 0 fully saturated rings. The summed E-state index contributed by atoms with van der Waals surface area (Å²) < 4.78 is 25.9. The van der Waals surface area contributed by atoms with Gasteiger partial charge in [-0.25, -0.2) is 0 Å². The first-order valence-corrected chi connectivity index (χ1v) is 16.3. The molecule has 0 radical (unpaired) electrons. The van der Waals surface area contributed by atoms with Crippen LogP contribution >= 0.6 is 31.9 Å². The largest absolute Gasteiger partial charge is 0.394 e. The van der Waals surface area contributed by atoms with Crippen molar-refractivity contribution >= 4 is 49.6 Å². The van der Waals surface area contributed by atoms with Gasteiger partial charge in [-0.15, -0.1) is 0 Å². The van der Waals surface area contributed by atoms with Crippen molar-refractivity contribution < 1.29 is 48.3 Å². The van der Waals surface area contributed by atoms with Gasteiger partial charge in [0, 0.05) is 30.5 Å². The summed E-state index contributed by atoms with van der Waals surface area (Å²) >= 11 is 6.75. The maximum atomic E-state index is 12.7. The van der Waals surface area contributed by atoms with Gasteiger partial charge in [0.15, 0.2) is 0 Å². The highest BCUT2D eigenvalue weighted by atomic mass is 79.9. The van der Waals surface area contributed by atoms with E-state index < -0.39 is 25.6 Å². The average molecular weight is 766 g/mol. The first kappa shape index (κ1) is 43.1. The summed E-state index contributed by atoms with van der Waals surface area (Å²) in [5, 5.41) is 26.7. The van der Waals surface area contributed by atoms with Crippen molar-refractivity contribution in [2.75, 3.05) is 92.3 Å². The molecule has 0 aromatic rings. The molecule has 0 saturated carbocycles. The summed E-state index contributed by atoms with van der Waals surface area (Å²) in [7, 11) is 0. The molecule has 1 unspecified atom stereocenters. The van der Waals surface area contributed by atoms with Crippen LogP contribution in [0.5, 0.6) is 0 Å². The predicted molar refractivity (Wildman–Crippen MR) is 174 cm³/mol. The van der Waals surface area contributed by atoms with E-state index >= 15 is 0 Å². The van der Waals surface area contributed by atoms with Crippen LogP contribution in [-0.2, 0) is 38.1 Å². The molecule has 0 aromatic heterocycles. The van der Waals surface area contributed by atoms with Gasteiger partial charge in [-0.1, -0.05) is 52.6 Å². The molecule has 3 amide bonds. The lowest BCUT2D eigenvalue weighted by atomic mass is 9.86. The third-order valence-electron chi connectivity index (χ3n) is 6.05. The number of alkyl halides is 2. The van der Waals surface area contributed by atoms with Crippen LogP contribution in [-0.4, -0.2) is 135 Å². The Morgan fingerprint density at radius 3 is 1.30 bits per heavy atom. The molecular formula is C29H55Br2N3O10. The number of carbonyl (C=O) groups is 3. The molecule has 0 bridgehead atoms. The Bertz CT molecular complexity index is 756. The second-order valence-electron chi connectivity index (χ2n) is 12.5. The number of nitrogens with one attached hydrogen (secondary N) is 3. The summed E-state index contributed by atoms with van der Waals surface area (Å²) in [6.07, 6.45) is -0.883. The summed E-state index contributed by atoms with van der Waals surface area (Å²) in [5.74, 6) is -0.645. The van der Waals surface area contributed by atoms with Gasteiger partial charge in [0.25, 0.3) is 0 Å². The summed E-state index contributed by atoms with van der Waals surface area (Å²) in [4.78, 5) is 38.1. The highest BCUT2D eigenvalue weighted by molar-refractivity contribution is 9.10. The van der Waals surface area contributed by atoms with Crippen LogP contribution in [0.3, 0.4) is 0 Å². The van der Waals surface area contributed by atoms with Crippen molar-refractivity contribution in [2.45, 2.75) is 63.2 Å². The molecule has 0 aliphatic heterocycles. The SMILES string of the molecule is CC(C)(C)C(=O)NCC(CNC(=O)C(C)(C)Br)(CNC(=O)C(C)(C)Br)COCCOCCOCCOCCOCC(O)CO. The van der Waals surface area contributed by atoms with E-state index in [1.54, 1.807) is 27.7 Å². The van der Waals surface area contributed by atoms with E-state index in [0.29, 0.717) is 46.2 Å². The second kappa shape index (κ2) is 21.8. The third kappa shape index (κ3) is 21.0. The third-order valence-corrected chi connectivity index (χ3v) is 6.77. The van der Waals surface area contributed by atoms with Crippen LogP contribution in [0.2, 0.25) is 0 Å². The van der Waals surface area contributed by atoms with Crippen LogP contribution in [0.4, 0.5) is 0 Å². The zero-order valence-corrected chi connectivity index (χ0v) is 30.6. The minimum absolute atomic E-state index is 0.0598. The first-order chi connectivity index (χ1) is 20.3. The minimum Gasteiger partial charge on any atom is -0.394 e. The fourth-order valence-corrected chi connectivity index (χ4v) is 3.45. The van der Waals surface area contributed by atoms with Crippen molar-refractivity contribution in [1.29, 1.82) is 0 Å². The lowest BCUT2D eigenvalue weighted by molar-refractivity contribution is -0.129.